The summed E-state index contributed by atoms with van der Waals surface area (Å²) in [5.41, 5.74) is -2.36. The summed E-state index contributed by atoms with van der Waals surface area (Å²) in [6.45, 7) is -3.09. The number of carbonyl (C=O) groups excluding carboxylic acids is 2. The highest BCUT2D eigenvalue weighted by Gasteiger charge is 2.48. The van der Waals surface area contributed by atoms with Crippen LogP contribution in [0.4, 0.5) is 0 Å². The smallest absolute Gasteiger partial charge is 0.339 e. The van der Waals surface area contributed by atoms with E-state index in [9.17, 15) is 86.2 Å². The van der Waals surface area contributed by atoms with Gasteiger partial charge in [-0.05, 0) is 111 Å². The topological polar surface area (TPSA) is 393 Å². The minimum absolute atomic E-state index is 0.0487. The summed E-state index contributed by atoms with van der Waals surface area (Å²) in [6.07, 6.45) is -13.3. The number of aliphatic hydroxyl groups excluding tert-OH is 12. The Bertz CT molecular complexity index is 2170. The van der Waals surface area contributed by atoms with E-state index in [-0.39, 0.29) is 87.4 Å². The summed E-state index contributed by atoms with van der Waals surface area (Å²) < 4.78 is 33.7. The lowest BCUT2D eigenvalue weighted by Gasteiger charge is -2.44. The van der Waals surface area contributed by atoms with Gasteiger partial charge in [-0.3, -0.25) is 0 Å². The van der Waals surface area contributed by atoms with Crippen LogP contribution in [0.1, 0.15) is 62.5 Å². The molecule has 6 rings (SSSR count). The van der Waals surface area contributed by atoms with Crippen LogP contribution in [0.15, 0.2) is 53.6 Å². The van der Waals surface area contributed by atoms with Crippen LogP contribution in [0.5, 0.6) is 17.2 Å². The lowest BCUT2D eigenvalue weighted by Crippen LogP contribution is -2.59. The first-order chi connectivity index (χ1) is 34.8. The van der Waals surface area contributed by atoms with Crippen molar-refractivity contribution < 1.29 is 115 Å². The zero-order valence-electron chi connectivity index (χ0n) is 40.1. The largest absolute Gasteiger partial charge is 0.508 e. The van der Waals surface area contributed by atoms with E-state index < -0.39 is 146 Å². The van der Waals surface area contributed by atoms with E-state index in [1.165, 1.54) is 48.6 Å². The molecule has 2 saturated carbocycles. The zero-order valence-corrected chi connectivity index (χ0v) is 40.1. The highest BCUT2D eigenvalue weighted by Crippen LogP contribution is 2.44. The molecule has 16 atom stereocenters. The number of ether oxygens (including phenoxy) is 6. The number of hydrogen-bond acceptors (Lipinski definition) is 23. The van der Waals surface area contributed by atoms with E-state index in [0.717, 1.165) is 6.07 Å². The van der Waals surface area contributed by atoms with Crippen molar-refractivity contribution in [2.45, 2.75) is 125 Å². The second kappa shape index (κ2) is 25.9. The molecule has 0 spiro atoms. The van der Waals surface area contributed by atoms with Crippen LogP contribution in [-0.4, -0.2) is 215 Å². The minimum atomic E-state index is -1.66. The highest BCUT2D eigenvalue weighted by molar-refractivity contribution is 6.12. The van der Waals surface area contributed by atoms with Gasteiger partial charge in [-0.25, -0.2) is 9.59 Å². The first kappa shape index (κ1) is 57.9. The van der Waals surface area contributed by atoms with Crippen molar-refractivity contribution >= 4 is 24.1 Å². The van der Waals surface area contributed by atoms with Crippen LogP contribution in [-0.2, 0) is 38.0 Å². The van der Waals surface area contributed by atoms with E-state index >= 15 is 0 Å². The van der Waals surface area contributed by atoms with Crippen LogP contribution in [0.3, 0.4) is 0 Å². The average molecular weight is 1040 g/mol. The van der Waals surface area contributed by atoms with E-state index in [0.29, 0.717) is 18.4 Å². The molecule has 2 aliphatic heterocycles. The Balaban J connectivity index is 1.13. The Morgan fingerprint density at radius 1 is 0.562 bits per heavy atom. The average Bonchev–Trinajstić information content (AvgIpc) is 3.38. The summed E-state index contributed by atoms with van der Waals surface area (Å²) in [4.78, 5) is 28.6. The van der Waals surface area contributed by atoms with Gasteiger partial charge in [0, 0.05) is 10.8 Å². The van der Waals surface area contributed by atoms with Gasteiger partial charge in [-0.2, -0.15) is 0 Å². The molecule has 23 nitrogen and oxygen atoms in total. The molecule has 2 aromatic carbocycles. The third-order valence-electron chi connectivity index (χ3n) is 14.9. The van der Waals surface area contributed by atoms with Gasteiger partial charge in [0.15, 0.2) is 24.1 Å². The number of carbonyl (C=O) groups is 2. The van der Waals surface area contributed by atoms with Gasteiger partial charge in [0.1, 0.15) is 54.6 Å². The summed E-state index contributed by atoms with van der Waals surface area (Å²) in [6, 6.07) is 9.31. The molecular weight excluding hydrogens is 969 g/mol. The maximum atomic E-state index is 14.3. The van der Waals surface area contributed by atoms with E-state index in [2.05, 4.69) is 0 Å². The Hall–Kier alpha value is -4.38. The first-order valence-corrected chi connectivity index (χ1v) is 24.3. The number of aliphatic hydroxyl groups is 12. The van der Waals surface area contributed by atoms with Gasteiger partial charge in [0.25, 0.3) is 0 Å². The molecule has 73 heavy (non-hydrogen) atoms. The van der Waals surface area contributed by atoms with Crippen LogP contribution in [0.2, 0.25) is 0 Å². The Kier molecular flexibility index (Phi) is 20.5. The summed E-state index contributed by atoms with van der Waals surface area (Å²) >= 11 is 0. The van der Waals surface area contributed by atoms with Crippen molar-refractivity contribution in [1.82, 2.24) is 0 Å². The molecule has 0 radical (unpaired) electrons. The highest BCUT2D eigenvalue weighted by atomic mass is 16.7. The molecule has 0 amide bonds. The van der Waals surface area contributed by atoms with Gasteiger partial charge >= 0.3 is 11.9 Å². The van der Waals surface area contributed by atoms with Crippen LogP contribution >= 0.6 is 0 Å². The van der Waals surface area contributed by atoms with Crippen LogP contribution < -0.4 is 0 Å². The Morgan fingerprint density at radius 2 is 0.986 bits per heavy atom. The zero-order chi connectivity index (χ0) is 53.2. The Morgan fingerprint density at radius 3 is 1.38 bits per heavy atom. The summed E-state index contributed by atoms with van der Waals surface area (Å²) in [7, 11) is 0. The molecule has 23 heteroatoms. The SMILES string of the molecule is O=C(OC[C@H]1CC[C@](CO)(CCO[C@@H]2O[C@H](CO)[C@@H](O)[C@H](O)[C@H]2O)[C@@H](O)C1)C(=C/c1ccc(O)cc1)/C(=C\c1ccc(O)c(O)c1)C(=O)OC[C@H]1CC[C@](CO)(CCO[C@@H]2O[C@H](CO)[C@@H](O)[C@H](O)[C@H]2O)[C@@H](O)C1. The van der Waals surface area contributed by atoms with Crippen molar-refractivity contribution in [3.63, 3.8) is 0 Å². The molecule has 2 aliphatic carbocycles. The van der Waals surface area contributed by atoms with E-state index in [1.54, 1.807) is 0 Å². The normalized spacial score (nSPS) is 35.3. The number of phenols is 3. The minimum Gasteiger partial charge on any atom is -0.508 e. The number of hydrogen-bond donors (Lipinski definition) is 15. The monoisotopic (exact) mass is 1040 g/mol. The fraction of sp³-hybridized carbons (Fsp3) is 0.640. The predicted octanol–water partition coefficient (Wildman–Crippen LogP) is -1.95. The molecule has 408 valence electrons. The number of rotatable bonds is 21. The van der Waals surface area contributed by atoms with Crippen LogP contribution in [0, 0.1) is 22.7 Å². The van der Waals surface area contributed by atoms with Gasteiger partial charge in [-0.15, -0.1) is 0 Å². The number of phenolic OH excluding ortho intramolecular Hbond substituents is 3. The lowest BCUT2D eigenvalue weighted by atomic mass is 9.67. The fourth-order valence-electron chi connectivity index (χ4n) is 9.83. The molecule has 0 bridgehead atoms. The summed E-state index contributed by atoms with van der Waals surface area (Å²) in [5.74, 6) is -4.02. The molecule has 15 N–H and O–H groups in total. The summed E-state index contributed by atoms with van der Waals surface area (Å²) in [5, 5.41) is 154. The van der Waals surface area contributed by atoms with Crippen molar-refractivity contribution in [3.8, 4) is 17.2 Å². The van der Waals surface area contributed by atoms with Crippen molar-refractivity contribution in [3.05, 3.63) is 64.7 Å². The lowest BCUT2D eigenvalue weighted by molar-refractivity contribution is -0.302. The number of benzene rings is 2. The molecule has 0 unspecified atom stereocenters. The first-order valence-electron chi connectivity index (χ1n) is 24.3. The molecule has 2 saturated heterocycles. The molecular formula is C50H70O23. The van der Waals surface area contributed by atoms with Crippen LogP contribution in [0.25, 0.3) is 12.2 Å². The van der Waals surface area contributed by atoms with E-state index in [4.69, 9.17) is 28.4 Å². The van der Waals surface area contributed by atoms with Gasteiger partial charge in [-0.1, -0.05) is 18.2 Å². The predicted molar refractivity (Wildman–Crippen MR) is 250 cm³/mol. The number of esters is 2. The van der Waals surface area contributed by atoms with Gasteiger partial charge < -0.3 is 105 Å². The third-order valence-corrected chi connectivity index (χ3v) is 14.9. The Labute approximate surface area is 420 Å². The second-order valence-electron chi connectivity index (χ2n) is 19.6. The molecule has 2 aromatic rings. The molecule has 2 heterocycles. The molecule has 4 fully saturated rings. The maximum Gasteiger partial charge on any atom is 0.339 e. The number of aromatic hydroxyl groups is 3. The van der Waals surface area contributed by atoms with E-state index in [1.807, 2.05) is 0 Å². The third kappa shape index (κ3) is 13.9. The standard InChI is InChI=1S/C50H70O23/c51-20-35-39(60)41(62)43(64)47(72-35)68-13-11-49(24-53)9-7-28(18-37(49)58)22-70-45(66)31(15-26-1-4-30(55)5-2-26)32(16-27-3-6-33(56)34(57)17-27)46(67)71-23-29-8-10-50(25-54,38(59)19-29)12-14-69-48-44(65)42(63)40(61)36(21-52)73-48/h1-6,15-17,28-29,35-44,47-48,51-65H,7-14,18-25H2/b31-15+,32-16+/t28-,29-,35+,36+,37-,38-,39+,40+,41-,42-,43+,44+,47+,48+,49+,50+/m0/s1. The van der Waals surface area contributed by atoms with Gasteiger partial charge in [0.05, 0.1) is 76.2 Å². The fourth-order valence-corrected chi connectivity index (χ4v) is 9.83. The van der Waals surface area contributed by atoms with Crippen molar-refractivity contribution in [2.75, 3.05) is 52.9 Å². The quantitative estimate of drug-likeness (QED) is 0.0280. The van der Waals surface area contributed by atoms with Crippen molar-refractivity contribution in [1.29, 1.82) is 0 Å². The molecule has 0 aromatic heterocycles. The maximum absolute atomic E-state index is 14.3. The second-order valence-corrected chi connectivity index (χ2v) is 19.6. The van der Waals surface area contributed by atoms with Gasteiger partial charge in [0.2, 0.25) is 0 Å². The van der Waals surface area contributed by atoms with Crippen molar-refractivity contribution in [2.24, 2.45) is 22.7 Å². The molecule has 4 aliphatic rings.